The van der Waals surface area contributed by atoms with Crippen LogP contribution in [0.3, 0.4) is 0 Å². The predicted molar refractivity (Wildman–Crippen MR) is 148 cm³/mol. The van der Waals surface area contributed by atoms with Gasteiger partial charge in [-0.1, -0.05) is 67.4 Å². The summed E-state index contributed by atoms with van der Waals surface area (Å²) in [6.07, 6.45) is 1.71. The zero-order chi connectivity index (χ0) is 26.5. The van der Waals surface area contributed by atoms with E-state index in [2.05, 4.69) is 12.2 Å². The lowest BCUT2D eigenvalue weighted by atomic mass is 9.99. The number of nitrogens with one attached hydrogen (secondary N) is 1. The van der Waals surface area contributed by atoms with Gasteiger partial charge in [0.05, 0.1) is 38.1 Å². The summed E-state index contributed by atoms with van der Waals surface area (Å²) in [7, 11) is 1.65. The van der Waals surface area contributed by atoms with Crippen molar-refractivity contribution in [1.82, 2.24) is 0 Å². The van der Waals surface area contributed by atoms with E-state index in [1.807, 2.05) is 61.5 Å². The molecule has 0 aromatic heterocycles. The first-order chi connectivity index (χ1) is 18.0. The molecule has 1 atom stereocenters. The Balaban J connectivity index is 1.49. The molecule has 0 aliphatic carbocycles. The summed E-state index contributed by atoms with van der Waals surface area (Å²) in [4.78, 5) is 13.0. The quantitative estimate of drug-likeness (QED) is 0.124. The Morgan fingerprint density at radius 2 is 1.65 bits per heavy atom. The first-order valence-corrected chi connectivity index (χ1v) is 13.0. The van der Waals surface area contributed by atoms with E-state index in [9.17, 15) is 4.79 Å². The molecule has 3 aromatic carbocycles. The third kappa shape index (κ3) is 8.95. The van der Waals surface area contributed by atoms with Crippen LogP contribution in [-0.4, -0.2) is 45.6 Å². The number of ketones is 1. The minimum Gasteiger partial charge on any atom is -0.377 e. The normalized spacial score (nSPS) is 11.9. The summed E-state index contributed by atoms with van der Waals surface area (Å²) in [6.45, 7) is 6.38. The number of anilines is 2. The SMILES string of the molecule is CCCC(OC)OCCOCCOCc1ccccc1Nc1ccc(C(=O)c2ccccc2C)c(Cl)c1. The summed E-state index contributed by atoms with van der Waals surface area (Å²) in [5, 5.41) is 3.79. The minimum absolute atomic E-state index is 0.0864. The highest BCUT2D eigenvalue weighted by atomic mass is 35.5. The molecule has 0 aliphatic heterocycles. The van der Waals surface area contributed by atoms with Gasteiger partial charge in [-0.15, -0.1) is 0 Å². The maximum absolute atomic E-state index is 13.0. The molecule has 1 unspecified atom stereocenters. The second-order valence-electron chi connectivity index (χ2n) is 8.61. The fraction of sp³-hybridized carbons (Fsp3) is 0.367. The number of halogens is 1. The van der Waals surface area contributed by atoms with Crippen LogP contribution in [0.4, 0.5) is 11.4 Å². The van der Waals surface area contributed by atoms with Gasteiger partial charge in [-0.05, 0) is 43.2 Å². The maximum Gasteiger partial charge on any atom is 0.194 e. The number of aryl methyl sites for hydroxylation is 1. The van der Waals surface area contributed by atoms with Crippen LogP contribution in [-0.2, 0) is 25.6 Å². The molecule has 0 saturated heterocycles. The Bertz CT molecular complexity index is 1140. The number of carbonyl (C=O) groups excluding carboxylic acids is 1. The van der Waals surface area contributed by atoms with E-state index in [1.54, 1.807) is 19.2 Å². The number of hydrogen-bond donors (Lipinski definition) is 1. The lowest BCUT2D eigenvalue weighted by Gasteiger charge is -2.15. The van der Waals surface area contributed by atoms with Crippen molar-refractivity contribution < 1.29 is 23.7 Å². The Morgan fingerprint density at radius 1 is 0.919 bits per heavy atom. The van der Waals surface area contributed by atoms with Gasteiger partial charge in [-0.25, -0.2) is 0 Å². The average molecular weight is 526 g/mol. The van der Waals surface area contributed by atoms with Gasteiger partial charge in [0, 0.05) is 35.2 Å². The number of hydrogen-bond acceptors (Lipinski definition) is 6. The van der Waals surface area contributed by atoms with Gasteiger partial charge in [-0.2, -0.15) is 0 Å². The zero-order valence-electron chi connectivity index (χ0n) is 21.8. The van der Waals surface area contributed by atoms with Crippen molar-refractivity contribution in [2.45, 2.75) is 39.6 Å². The predicted octanol–water partition coefficient (Wildman–Crippen LogP) is 6.95. The van der Waals surface area contributed by atoms with Crippen LogP contribution >= 0.6 is 11.6 Å². The van der Waals surface area contributed by atoms with Crippen molar-refractivity contribution in [3.8, 4) is 0 Å². The van der Waals surface area contributed by atoms with E-state index in [4.69, 9.17) is 30.5 Å². The van der Waals surface area contributed by atoms with Gasteiger partial charge in [0.25, 0.3) is 0 Å². The van der Waals surface area contributed by atoms with Crippen LogP contribution in [0.5, 0.6) is 0 Å². The molecule has 1 N–H and O–H groups in total. The molecular formula is C30H36ClNO5. The smallest absolute Gasteiger partial charge is 0.194 e. The number of carbonyl (C=O) groups is 1. The van der Waals surface area contributed by atoms with Crippen molar-refractivity contribution in [1.29, 1.82) is 0 Å². The van der Waals surface area contributed by atoms with Crippen LogP contribution < -0.4 is 5.32 Å². The summed E-state index contributed by atoms with van der Waals surface area (Å²) in [5.74, 6) is -0.0864. The van der Waals surface area contributed by atoms with Crippen molar-refractivity contribution in [2.24, 2.45) is 0 Å². The first-order valence-electron chi connectivity index (χ1n) is 12.6. The van der Waals surface area contributed by atoms with Gasteiger partial charge < -0.3 is 24.3 Å². The molecule has 0 radical (unpaired) electrons. The van der Waals surface area contributed by atoms with Crippen LogP contribution in [0.25, 0.3) is 0 Å². The van der Waals surface area contributed by atoms with E-state index >= 15 is 0 Å². The Hall–Kier alpha value is -2.74. The lowest BCUT2D eigenvalue weighted by molar-refractivity contribution is -0.138. The monoisotopic (exact) mass is 525 g/mol. The number of methoxy groups -OCH3 is 1. The third-order valence-electron chi connectivity index (χ3n) is 5.85. The van der Waals surface area contributed by atoms with E-state index in [0.29, 0.717) is 49.2 Å². The second-order valence-corrected chi connectivity index (χ2v) is 9.02. The molecule has 0 aliphatic rings. The fourth-order valence-corrected chi connectivity index (χ4v) is 4.09. The van der Waals surface area contributed by atoms with Gasteiger partial charge >= 0.3 is 0 Å². The van der Waals surface area contributed by atoms with E-state index in [0.717, 1.165) is 35.3 Å². The lowest BCUT2D eigenvalue weighted by Crippen LogP contribution is -2.18. The topological polar surface area (TPSA) is 66.0 Å². The summed E-state index contributed by atoms with van der Waals surface area (Å²) in [6, 6.07) is 20.8. The average Bonchev–Trinajstić information content (AvgIpc) is 2.90. The minimum atomic E-state index is -0.173. The largest absolute Gasteiger partial charge is 0.377 e. The summed E-state index contributed by atoms with van der Waals surface area (Å²) < 4.78 is 22.3. The molecule has 7 heteroatoms. The molecule has 0 amide bonds. The first kappa shape index (κ1) is 28.8. The van der Waals surface area contributed by atoms with Crippen LogP contribution in [0.15, 0.2) is 66.7 Å². The Labute approximate surface area is 224 Å². The van der Waals surface area contributed by atoms with Crippen molar-refractivity contribution >= 4 is 28.8 Å². The molecule has 6 nitrogen and oxygen atoms in total. The third-order valence-corrected chi connectivity index (χ3v) is 6.16. The highest BCUT2D eigenvalue weighted by Gasteiger charge is 2.15. The van der Waals surface area contributed by atoms with E-state index in [-0.39, 0.29) is 12.1 Å². The van der Waals surface area contributed by atoms with Crippen LogP contribution in [0.1, 0.15) is 46.8 Å². The molecule has 3 aromatic rings. The van der Waals surface area contributed by atoms with Gasteiger partial charge in [0.1, 0.15) is 0 Å². The molecule has 0 bridgehead atoms. The summed E-state index contributed by atoms with van der Waals surface area (Å²) >= 11 is 6.51. The second kappa shape index (κ2) is 15.5. The maximum atomic E-state index is 13.0. The number of rotatable bonds is 16. The van der Waals surface area contributed by atoms with E-state index < -0.39 is 0 Å². The van der Waals surface area contributed by atoms with Gasteiger partial charge in [-0.3, -0.25) is 4.79 Å². The van der Waals surface area contributed by atoms with Crippen molar-refractivity contribution in [3.63, 3.8) is 0 Å². The molecule has 0 spiro atoms. The molecule has 0 heterocycles. The Kier molecular flexibility index (Phi) is 12.1. The Morgan fingerprint density at radius 3 is 2.41 bits per heavy atom. The highest BCUT2D eigenvalue weighted by Crippen LogP contribution is 2.28. The molecule has 37 heavy (non-hydrogen) atoms. The van der Waals surface area contributed by atoms with E-state index in [1.165, 1.54) is 0 Å². The van der Waals surface area contributed by atoms with Gasteiger partial charge in [0.2, 0.25) is 0 Å². The standard InChI is InChI=1S/C30H36ClNO5/c1-4-9-29(34-3)37-19-18-35-16-17-36-21-23-11-6-8-13-28(23)32-24-14-15-26(27(31)20-24)30(33)25-12-7-5-10-22(25)2/h5-8,10-15,20,29,32H,4,9,16-19,21H2,1-3H3. The van der Waals surface area contributed by atoms with Crippen molar-refractivity contribution in [3.05, 3.63) is 94.0 Å². The zero-order valence-corrected chi connectivity index (χ0v) is 22.6. The van der Waals surface area contributed by atoms with Gasteiger partial charge in [0.15, 0.2) is 12.1 Å². The molecule has 198 valence electrons. The highest BCUT2D eigenvalue weighted by molar-refractivity contribution is 6.35. The molecule has 0 fully saturated rings. The van der Waals surface area contributed by atoms with Crippen LogP contribution in [0.2, 0.25) is 5.02 Å². The van der Waals surface area contributed by atoms with Crippen LogP contribution in [0, 0.1) is 6.92 Å². The van der Waals surface area contributed by atoms with Crippen molar-refractivity contribution in [2.75, 3.05) is 38.9 Å². The number of benzene rings is 3. The number of para-hydroxylation sites is 1. The fourth-order valence-electron chi connectivity index (χ4n) is 3.82. The number of ether oxygens (including phenoxy) is 4. The molecular weight excluding hydrogens is 490 g/mol. The molecule has 3 rings (SSSR count). The molecule has 0 saturated carbocycles. The summed E-state index contributed by atoms with van der Waals surface area (Å²) in [5.41, 5.74) is 4.76.